The fraction of sp³-hybridized carbons (Fsp3) is 0.167. The summed E-state index contributed by atoms with van der Waals surface area (Å²) in [5, 5.41) is 2.82. The number of ether oxygens (including phenoxy) is 2. The Kier molecular flexibility index (Phi) is 6.04. The minimum absolute atomic E-state index is 0.0260. The first-order valence-corrected chi connectivity index (χ1v) is 6.67. The van der Waals surface area contributed by atoms with E-state index in [2.05, 4.69) is 46.7 Å². The van der Waals surface area contributed by atoms with Crippen LogP contribution < -0.4 is 5.32 Å². The Labute approximate surface area is 127 Å². The largest absolute Gasteiger partial charge is 0.466 e. The van der Waals surface area contributed by atoms with Crippen molar-refractivity contribution in [2.75, 3.05) is 19.5 Å². The topological polar surface area (TPSA) is 64.6 Å². The summed E-state index contributed by atoms with van der Waals surface area (Å²) in [4.78, 5) is 22.8. The molecule has 0 aliphatic carbocycles. The SMILES string of the molecule is COC(=O)/C=C(/Nc1c(Br)cccc1Br)C(=O)OC. The maximum atomic E-state index is 11.6. The fourth-order valence-corrected chi connectivity index (χ4v) is 2.38. The molecule has 0 aliphatic rings. The van der Waals surface area contributed by atoms with Crippen LogP contribution in [0.25, 0.3) is 0 Å². The second kappa shape index (κ2) is 7.30. The molecule has 1 aromatic carbocycles. The zero-order valence-electron chi connectivity index (χ0n) is 10.2. The monoisotopic (exact) mass is 391 g/mol. The number of nitrogens with one attached hydrogen (secondary N) is 1. The first-order valence-electron chi connectivity index (χ1n) is 5.08. The van der Waals surface area contributed by atoms with E-state index in [1.165, 1.54) is 14.2 Å². The van der Waals surface area contributed by atoms with Gasteiger partial charge in [0.25, 0.3) is 0 Å². The van der Waals surface area contributed by atoms with E-state index in [0.29, 0.717) is 5.69 Å². The number of hydrogen-bond acceptors (Lipinski definition) is 5. The molecule has 0 bridgehead atoms. The number of para-hydroxylation sites is 1. The highest BCUT2D eigenvalue weighted by atomic mass is 79.9. The number of esters is 2. The summed E-state index contributed by atoms with van der Waals surface area (Å²) in [7, 11) is 2.45. The van der Waals surface area contributed by atoms with E-state index < -0.39 is 11.9 Å². The van der Waals surface area contributed by atoms with Crippen molar-refractivity contribution >= 4 is 49.5 Å². The van der Waals surface area contributed by atoms with E-state index in [1.807, 2.05) is 6.07 Å². The number of rotatable bonds is 4. The van der Waals surface area contributed by atoms with Gasteiger partial charge in [-0.15, -0.1) is 0 Å². The molecule has 0 saturated heterocycles. The van der Waals surface area contributed by atoms with Gasteiger partial charge in [0.2, 0.25) is 0 Å². The van der Waals surface area contributed by atoms with Crippen molar-refractivity contribution in [3.05, 3.63) is 38.9 Å². The van der Waals surface area contributed by atoms with Gasteiger partial charge in [-0.3, -0.25) is 0 Å². The summed E-state index contributed by atoms with van der Waals surface area (Å²) in [5.74, 6) is -1.33. The van der Waals surface area contributed by atoms with Gasteiger partial charge in [0.05, 0.1) is 26.0 Å². The van der Waals surface area contributed by atoms with E-state index in [-0.39, 0.29) is 5.70 Å². The summed E-state index contributed by atoms with van der Waals surface area (Å²) < 4.78 is 10.5. The first-order chi connectivity index (χ1) is 8.99. The average molecular weight is 393 g/mol. The second-order valence-electron chi connectivity index (χ2n) is 3.29. The molecule has 1 rings (SSSR count). The Morgan fingerprint density at radius 1 is 1.16 bits per heavy atom. The fourth-order valence-electron chi connectivity index (χ4n) is 1.18. The summed E-state index contributed by atoms with van der Waals surface area (Å²) in [6.07, 6.45) is 1.03. The van der Waals surface area contributed by atoms with Crippen LogP contribution in [0.4, 0.5) is 5.69 Å². The van der Waals surface area contributed by atoms with Crippen LogP contribution in [0.5, 0.6) is 0 Å². The van der Waals surface area contributed by atoms with Gasteiger partial charge in [-0.25, -0.2) is 9.59 Å². The molecule has 0 heterocycles. The molecule has 0 aromatic heterocycles. The number of benzene rings is 1. The van der Waals surface area contributed by atoms with Crippen molar-refractivity contribution < 1.29 is 19.1 Å². The number of carbonyl (C=O) groups is 2. The number of methoxy groups -OCH3 is 2. The molecule has 19 heavy (non-hydrogen) atoms. The zero-order chi connectivity index (χ0) is 14.4. The third kappa shape index (κ3) is 4.36. The third-order valence-corrected chi connectivity index (χ3v) is 3.41. The van der Waals surface area contributed by atoms with Crippen molar-refractivity contribution in [2.24, 2.45) is 0 Å². The second-order valence-corrected chi connectivity index (χ2v) is 5.00. The van der Waals surface area contributed by atoms with E-state index in [1.54, 1.807) is 12.1 Å². The molecule has 0 aliphatic heterocycles. The minimum atomic E-state index is -0.673. The molecule has 0 unspecified atom stereocenters. The van der Waals surface area contributed by atoms with Crippen LogP contribution >= 0.6 is 31.9 Å². The Morgan fingerprint density at radius 2 is 1.74 bits per heavy atom. The molecule has 0 amide bonds. The smallest absolute Gasteiger partial charge is 0.354 e. The van der Waals surface area contributed by atoms with Gasteiger partial charge >= 0.3 is 11.9 Å². The van der Waals surface area contributed by atoms with Gasteiger partial charge < -0.3 is 14.8 Å². The van der Waals surface area contributed by atoms with E-state index in [4.69, 9.17) is 0 Å². The van der Waals surface area contributed by atoms with Crippen LogP contribution in [0.15, 0.2) is 38.9 Å². The first kappa shape index (κ1) is 15.7. The molecule has 0 radical (unpaired) electrons. The van der Waals surface area contributed by atoms with Gasteiger partial charge in [0.15, 0.2) is 0 Å². The lowest BCUT2D eigenvalue weighted by molar-refractivity contribution is -0.138. The highest BCUT2D eigenvalue weighted by Gasteiger charge is 2.15. The van der Waals surface area contributed by atoms with Crippen LogP contribution in [0.1, 0.15) is 0 Å². The summed E-state index contributed by atoms with van der Waals surface area (Å²) in [6, 6.07) is 5.40. The minimum Gasteiger partial charge on any atom is -0.466 e. The highest BCUT2D eigenvalue weighted by molar-refractivity contribution is 9.11. The zero-order valence-corrected chi connectivity index (χ0v) is 13.4. The van der Waals surface area contributed by atoms with E-state index in [9.17, 15) is 9.59 Å². The molecular formula is C12H11Br2NO4. The molecule has 5 nitrogen and oxygen atoms in total. The predicted molar refractivity (Wildman–Crippen MR) is 77.6 cm³/mol. The molecule has 0 spiro atoms. The lowest BCUT2D eigenvalue weighted by Gasteiger charge is -2.12. The number of hydrogen-bond donors (Lipinski definition) is 1. The molecule has 1 N–H and O–H groups in total. The van der Waals surface area contributed by atoms with Gasteiger partial charge in [-0.2, -0.15) is 0 Å². The average Bonchev–Trinajstić information content (AvgIpc) is 2.40. The molecule has 1 aromatic rings. The Balaban J connectivity index is 3.11. The molecule has 102 valence electrons. The quantitative estimate of drug-likeness (QED) is 0.630. The van der Waals surface area contributed by atoms with Crippen LogP contribution in [0.2, 0.25) is 0 Å². The number of carbonyl (C=O) groups excluding carboxylic acids is 2. The Morgan fingerprint density at radius 3 is 2.21 bits per heavy atom. The van der Waals surface area contributed by atoms with Crippen LogP contribution in [0, 0.1) is 0 Å². The van der Waals surface area contributed by atoms with E-state index >= 15 is 0 Å². The lowest BCUT2D eigenvalue weighted by atomic mass is 10.3. The predicted octanol–water partition coefficient (Wildman–Crippen LogP) is 2.85. The van der Waals surface area contributed by atoms with E-state index in [0.717, 1.165) is 15.0 Å². The molecule has 0 fully saturated rings. The van der Waals surface area contributed by atoms with Gasteiger partial charge in [0, 0.05) is 8.95 Å². The number of halogens is 2. The Bertz CT molecular complexity index is 508. The Hall–Kier alpha value is -1.34. The number of anilines is 1. The summed E-state index contributed by atoms with van der Waals surface area (Å²) in [6.45, 7) is 0. The maximum absolute atomic E-state index is 11.6. The lowest BCUT2D eigenvalue weighted by Crippen LogP contribution is -2.16. The highest BCUT2D eigenvalue weighted by Crippen LogP contribution is 2.31. The standard InChI is InChI=1S/C12H11Br2NO4/c1-18-10(16)6-9(12(17)19-2)15-11-7(13)4-3-5-8(11)14/h3-6,15H,1-2H3/b9-6+. The molecule has 0 saturated carbocycles. The van der Waals surface area contributed by atoms with Crippen molar-refractivity contribution in [3.63, 3.8) is 0 Å². The summed E-state index contributed by atoms with van der Waals surface area (Å²) >= 11 is 6.68. The third-order valence-electron chi connectivity index (χ3n) is 2.09. The molecule has 0 atom stereocenters. The normalized spacial score (nSPS) is 10.8. The van der Waals surface area contributed by atoms with Gasteiger partial charge in [-0.05, 0) is 44.0 Å². The van der Waals surface area contributed by atoms with Crippen molar-refractivity contribution in [1.82, 2.24) is 0 Å². The van der Waals surface area contributed by atoms with Crippen molar-refractivity contribution in [2.45, 2.75) is 0 Å². The van der Waals surface area contributed by atoms with Gasteiger partial charge in [-0.1, -0.05) is 6.07 Å². The van der Waals surface area contributed by atoms with Crippen molar-refractivity contribution in [3.8, 4) is 0 Å². The molecule has 7 heteroatoms. The summed E-state index contributed by atoms with van der Waals surface area (Å²) in [5.41, 5.74) is 0.574. The van der Waals surface area contributed by atoms with Crippen LogP contribution in [0.3, 0.4) is 0 Å². The van der Waals surface area contributed by atoms with Gasteiger partial charge in [0.1, 0.15) is 5.70 Å². The van der Waals surface area contributed by atoms with Crippen LogP contribution in [-0.4, -0.2) is 26.2 Å². The van der Waals surface area contributed by atoms with Crippen LogP contribution in [-0.2, 0) is 19.1 Å². The maximum Gasteiger partial charge on any atom is 0.354 e. The molecular weight excluding hydrogens is 382 g/mol. The van der Waals surface area contributed by atoms with Crippen molar-refractivity contribution in [1.29, 1.82) is 0 Å².